The van der Waals surface area contributed by atoms with Crippen LogP contribution in [0.1, 0.15) is 97.0 Å². The molecule has 4 aliphatic rings. The van der Waals surface area contributed by atoms with Crippen molar-refractivity contribution in [2.45, 2.75) is 121 Å². The number of rotatable bonds is 7. The first-order valence-electron chi connectivity index (χ1n) is 17.5. The SMILES string of the molecule is Cc1cccc2oc(O[C@@H]3C[C@H]4C(=O)C[C@]5(C(=O)NS(=O)(=O)C6CC6)C[C@@H]5/C=C\CCCCC[C@H](CC(=O)OC(C)(C)C)C(=O)N4C3)nc12. The van der Waals surface area contributed by atoms with E-state index in [1.54, 1.807) is 26.8 Å². The minimum absolute atomic E-state index is 0.0239. The van der Waals surface area contributed by atoms with Crippen LogP contribution < -0.4 is 9.46 Å². The molecule has 266 valence electrons. The molecule has 2 aliphatic carbocycles. The van der Waals surface area contributed by atoms with Gasteiger partial charge in [-0.15, -0.1) is 0 Å². The Morgan fingerprint density at radius 3 is 2.61 bits per heavy atom. The molecule has 1 N–H and O–H groups in total. The average molecular weight is 698 g/mol. The molecule has 3 fully saturated rings. The molecule has 0 bridgehead atoms. The van der Waals surface area contributed by atoms with Gasteiger partial charge in [-0.25, -0.2) is 8.42 Å². The molecule has 0 spiro atoms. The van der Waals surface area contributed by atoms with Crippen molar-refractivity contribution < 1.29 is 41.5 Å². The van der Waals surface area contributed by atoms with Crippen LogP contribution >= 0.6 is 0 Å². The van der Waals surface area contributed by atoms with E-state index in [0.717, 1.165) is 24.8 Å². The fourth-order valence-corrected chi connectivity index (χ4v) is 8.55. The van der Waals surface area contributed by atoms with Gasteiger partial charge >= 0.3 is 12.0 Å². The van der Waals surface area contributed by atoms with E-state index < -0.39 is 56.2 Å². The van der Waals surface area contributed by atoms with Gasteiger partial charge in [0.1, 0.15) is 17.2 Å². The minimum Gasteiger partial charge on any atom is -0.460 e. The minimum atomic E-state index is -3.83. The third kappa shape index (κ3) is 8.02. The van der Waals surface area contributed by atoms with Gasteiger partial charge in [0, 0.05) is 18.8 Å². The van der Waals surface area contributed by atoms with Crippen LogP contribution in [0.2, 0.25) is 0 Å². The van der Waals surface area contributed by atoms with Crippen molar-refractivity contribution in [3.8, 4) is 6.08 Å². The summed E-state index contributed by atoms with van der Waals surface area (Å²) >= 11 is 0. The lowest BCUT2D eigenvalue weighted by Gasteiger charge is -2.29. The largest absolute Gasteiger partial charge is 0.460 e. The van der Waals surface area contributed by atoms with Gasteiger partial charge in [-0.1, -0.05) is 37.1 Å². The number of benzene rings is 1. The van der Waals surface area contributed by atoms with Crippen molar-refractivity contribution in [3.63, 3.8) is 0 Å². The summed E-state index contributed by atoms with van der Waals surface area (Å²) in [7, 11) is -3.83. The normalized spacial score (nSPS) is 28.9. The maximum Gasteiger partial charge on any atom is 0.395 e. The third-order valence-electron chi connectivity index (χ3n) is 10.0. The maximum absolute atomic E-state index is 14.4. The highest BCUT2D eigenvalue weighted by Crippen LogP contribution is 2.57. The molecule has 3 heterocycles. The van der Waals surface area contributed by atoms with E-state index in [0.29, 0.717) is 43.2 Å². The Morgan fingerprint density at radius 2 is 1.90 bits per heavy atom. The number of carbonyl (C=O) groups is 4. The van der Waals surface area contributed by atoms with E-state index >= 15 is 0 Å². The smallest absolute Gasteiger partial charge is 0.395 e. The van der Waals surface area contributed by atoms with Crippen molar-refractivity contribution in [1.29, 1.82) is 0 Å². The van der Waals surface area contributed by atoms with Gasteiger partial charge in [0.25, 0.3) is 0 Å². The lowest BCUT2D eigenvalue weighted by Crippen LogP contribution is -2.46. The molecule has 1 aromatic carbocycles. The number of hydrogen-bond donors (Lipinski definition) is 1. The quantitative estimate of drug-likeness (QED) is 0.310. The number of para-hydroxylation sites is 1. The number of amides is 2. The standard InChI is InChI=1S/C36H47N3O9S/c1-22-11-10-14-29-31(22)37-34(47-29)46-25-18-27-28(40)20-36(33(43)38-49(44,45)26-15-16-26)19-24(36)13-9-7-5-6-8-12-23(32(42)39(27)21-25)17-30(41)48-35(2,3)4/h9-11,13-14,23-27H,5-8,12,15-21H2,1-4H3,(H,38,43)/b13-9-/t23-,24+,25-,27+,36-/m1/s1. The Balaban J connectivity index is 1.29. The third-order valence-corrected chi connectivity index (χ3v) is 11.9. The summed E-state index contributed by atoms with van der Waals surface area (Å²) in [4.78, 5) is 61.3. The zero-order valence-electron chi connectivity index (χ0n) is 28.7. The summed E-state index contributed by atoms with van der Waals surface area (Å²) in [5.41, 5.74) is 0.159. The van der Waals surface area contributed by atoms with E-state index in [4.69, 9.17) is 13.9 Å². The van der Waals surface area contributed by atoms with Crippen molar-refractivity contribution in [2.24, 2.45) is 17.3 Å². The van der Waals surface area contributed by atoms with Crippen molar-refractivity contribution in [3.05, 3.63) is 35.9 Å². The Hall–Kier alpha value is -3.74. The van der Waals surface area contributed by atoms with Crippen LogP contribution in [-0.2, 0) is 33.9 Å². The number of aromatic nitrogens is 1. The molecule has 49 heavy (non-hydrogen) atoms. The number of hydrogen-bond acceptors (Lipinski definition) is 10. The van der Waals surface area contributed by atoms with Gasteiger partial charge in [0.05, 0.1) is 29.7 Å². The van der Waals surface area contributed by atoms with Gasteiger partial charge < -0.3 is 18.8 Å². The summed E-state index contributed by atoms with van der Waals surface area (Å²) in [5, 5.41) is -0.586. The number of oxazole rings is 1. The van der Waals surface area contributed by atoms with Crippen LogP contribution in [0.5, 0.6) is 6.08 Å². The van der Waals surface area contributed by atoms with Gasteiger partial charge in [0.15, 0.2) is 11.4 Å². The molecule has 2 aromatic rings. The molecule has 13 heteroatoms. The fourth-order valence-electron chi connectivity index (χ4n) is 7.16. The van der Waals surface area contributed by atoms with Crippen molar-refractivity contribution in [1.82, 2.24) is 14.6 Å². The zero-order chi connectivity index (χ0) is 35.1. The number of ether oxygens (including phenoxy) is 2. The number of fused-ring (bicyclic) bond motifs is 3. The molecule has 5 atom stereocenters. The zero-order valence-corrected chi connectivity index (χ0v) is 29.6. The number of sulfonamides is 1. The number of Topliss-reactive ketones (excluding diaryl/α,β-unsaturated/α-hetero) is 1. The van der Waals surface area contributed by atoms with Gasteiger partial charge in [-0.3, -0.25) is 23.9 Å². The monoisotopic (exact) mass is 697 g/mol. The van der Waals surface area contributed by atoms with Crippen LogP contribution in [0, 0.1) is 24.2 Å². The molecule has 1 aromatic heterocycles. The lowest BCUT2D eigenvalue weighted by atomic mass is 9.90. The maximum atomic E-state index is 14.4. The second-order valence-corrected chi connectivity index (χ2v) is 17.2. The van der Waals surface area contributed by atoms with E-state index in [-0.39, 0.29) is 49.5 Å². The van der Waals surface area contributed by atoms with Crippen molar-refractivity contribution in [2.75, 3.05) is 6.54 Å². The first kappa shape index (κ1) is 35.1. The summed E-state index contributed by atoms with van der Waals surface area (Å²) < 4.78 is 45.4. The van der Waals surface area contributed by atoms with Gasteiger partial charge in [-0.2, -0.15) is 4.98 Å². The van der Waals surface area contributed by atoms with Crippen LogP contribution in [0.25, 0.3) is 11.1 Å². The van der Waals surface area contributed by atoms with Crippen LogP contribution in [-0.4, -0.2) is 71.4 Å². The highest BCUT2D eigenvalue weighted by Gasteiger charge is 2.61. The number of esters is 1. The van der Waals surface area contributed by atoms with Crippen LogP contribution in [0.4, 0.5) is 0 Å². The van der Waals surface area contributed by atoms with Gasteiger partial charge in [0.2, 0.25) is 21.8 Å². The van der Waals surface area contributed by atoms with Gasteiger partial charge in [-0.05, 0) is 83.8 Å². The fraction of sp³-hybridized carbons (Fsp3) is 0.639. The highest BCUT2D eigenvalue weighted by atomic mass is 32.2. The molecular formula is C36H47N3O9S. The highest BCUT2D eigenvalue weighted by molar-refractivity contribution is 7.90. The second kappa shape index (κ2) is 13.5. The first-order chi connectivity index (χ1) is 23.1. The van der Waals surface area contributed by atoms with E-state index in [9.17, 15) is 27.6 Å². The van der Waals surface area contributed by atoms with Crippen LogP contribution in [0.15, 0.2) is 34.8 Å². The lowest BCUT2D eigenvalue weighted by molar-refractivity contribution is -0.159. The van der Waals surface area contributed by atoms with E-state index in [2.05, 4.69) is 9.71 Å². The average Bonchev–Trinajstić information content (AvgIpc) is 3.90. The summed E-state index contributed by atoms with van der Waals surface area (Å²) in [6, 6.07) is 4.59. The molecule has 2 amide bonds. The number of nitrogens with zero attached hydrogens (tertiary/aromatic N) is 2. The molecule has 0 radical (unpaired) electrons. The Kier molecular flexibility index (Phi) is 9.69. The van der Waals surface area contributed by atoms with Crippen LogP contribution in [0.3, 0.4) is 0 Å². The molecule has 12 nitrogen and oxygen atoms in total. The first-order valence-corrected chi connectivity index (χ1v) is 19.0. The Labute approximate surface area is 287 Å². The Bertz CT molecular complexity index is 1760. The topological polar surface area (TPSA) is 162 Å². The Morgan fingerprint density at radius 1 is 1.12 bits per heavy atom. The van der Waals surface area contributed by atoms with E-state index in [1.807, 2.05) is 31.2 Å². The molecule has 1 saturated heterocycles. The number of allylic oxidation sites excluding steroid dienone is 2. The molecule has 2 aliphatic heterocycles. The number of nitrogens with one attached hydrogen (secondary N) is 1. The number of ketones is 1. The molecule has 6 rings (SSSR count). The second-order valence-electron chi connectivity index (χ2n) is 15.2. The summed E-state index contributed by atoms with van der Waals surface area (Å²) in [6.45, 7) is 7.28. The summed E-state index contributed by atoms with van der Waals surface area (Å²) in [6.07, 6.45) is 7.98. The predicted molar refractivity (Wildman–Crippen MR) is 180 cm³/mol. The molecule has 2 saturated carbocycles. The number of carbonyl (C=O) groups excluding carboxylic acids is 4. The summed E-state index contributed by atoms with van der Waals surface area (Å²) in [5.74, 6) is -2.87. The molecule has 0 unspecified atom stereocenters. The predicted octanol–water partition coefficient (Wildman–Crippen LogP) is 4.93. The molecular weight excluding hydrogens is 650 g/mol. The van der Waals surface area contributed by atoms with Crippen molar-refractivity contribution >= 4 is 44.7 Å². The number of aryl methyl sites for hydroxylation is 1. The van der Waals surface area contributed by atoms with E-state index in [1.165, 1.54) is 4.90 Å².